The largest absolute Gasteiger partial charge is 0.462 e. The lowest BCUT2D eigenvalue weighted by Gasteiger charge is -2.09. The molecule has 0 unspecified atom stereocenters. The van der Waals surface area contributed by atoms with Crippen LogP contribution in [0, 0.1) is 0 Å². The van der Waals surface area contributed by atoms with E-state index in [1.165, 1.54) is 11.3 Å². The van der Waals surface area contributed by atoms with Crippen molar-refractivity contribution in [2.24, 2.45) is 0 Å². The molecule has 5 rings (SSSR count). The summed E-state index contributed by atoms with van der Waals surface area (Å²) in [6, 6.07) is 11.4. The van der Waals surface area contributed by atoms with Crippen molar-refractivity contribution in [3.05, 3.63) is 76.5 Å². The Kier molecular flexibility index (Phi) is 5.59. The maximum Gasteiger partial charge on any atom is 0.345 e. The number of hydrogen-bond acceptors (Lipinski definition) is 8. The normalized spacial score (nSPS) is 11.4. The van der Waals surface area contributed by atoms with Gasteiger partial charge >= 0.3 is 5.97 Å². The number of carbonyl (C=O) groups is 1. The molecule has 4 heterocycles. The van der Waals surface area contributed by atoms with Crippen molar-refractivity contribution in [1.82, 2.24) is 19.4 Å². The monoisotopic (exact) mass is 462 g/mol. The van der Waals surface area contributed by atoms with Crippen molar-refractivity contribution in [2.75, 3.05) is 12.4 Å². The van der Waals surface area contributed by atoms with Crippen molar-refractivity contribution >= 4 is 55.1 Å². The number of aromatic nitrogens is 4. The molecule has 160 valence electrons. The molecule has 0 fully saturated rings. The number of rotatable bonds is 6. The van der Waals surface area contributed by atoms with Crippen LogP contribution in [0.4, 0.5) is 0 Å². The second-order valence-corrected chi connectivity index (χ2v) is 9.10. The maximum atomic E-state index is 13.3. The molecule has 0 saturated carbocycles. The Morgan fingerprint density at radius 1 is 1.19 bits per heavy atom. The summed E-state index contributed by atoms with van der Waals surface area (Å²) < 4.78 is 8.06. The number of thiazole rings is 1. The first-order valence-corrected chi connectivity index (χ1v) is 11.9. The molecule has 0 spiro atoms. The van der Waals surface area contributed by atoms with E-state index >= 15 is 0 Å². The highest BCUT2D eigenvalue weighted by molar-refractivity contribution is 7.99. The Morgan fingerprint density at radius 2 is 2.06 bits per heavy atom. The molecule has 0 aliphatic carbocycles. The van der Waals surface area contributed by atoms with Gasteiger partial charge < -0.3 is 4.74 Å². The summed E-state index contributed by atoms with van der Waals surface area (Å²) in [5.41, 5.74) is 2.07. The summed E-state index contributed by atoms with van der Waals surface area (Å²) in [7, 11) is 0. The molecule has 1 aromatic carbocycles. The van der Waals surface area contributed by atoms with E-state index in [0.29, 0.717) is 15.9 Å². The lowest BCUT2D eigenvalue weighted by atomic mass is 10.2. The van der Waals surface area contributed by atoms with Crippen LogP contribution in [0.15, 0.2) is 64.8 Å². The molecule has 0 saturated heterocycles. The SMILES string of the molecule is CCOC(=O)c1c(=O)c2ccc(SCCc3cnccn3)nc2n2c1sc1ccccc12. The van der Waals surface area contributed by atoms with E-state index in [1.807, 2.05) is 34.7 Å². The van der Waals surface area contributed by atoms with Crippen LogP contribution in [0.3, 0.4) is 0 Å². The van der Waals surface area contributed by atoms with Gasteiger partial charge in [0, 0.05) is 30.8 Å². The Morgan fingerprint density at radius 3 is 2.88 bits per heavy atom. The third kappa shape index (κ3) is 3.63. The molecular formula is C23H18N4O3S2. The van der Waals surface area contributed by atoms with Gasteiger partial charge in [-0.3, -0.25) is 19.2 Å². The number of aryl methyl sites for hydroxylation is 1. The molecule has 32 heavy (non-hydrogen) atoms. The number of para-hydroxylation sites is 1. The second kappa shape index (κ2) is 8.68. The van der Waals surface area contributed by atoms with E-state index in [9.17, 15) is 9.59 Å². The van der Waals surface area contributed by atoms with Crippen LogP contribution in [0.2, 0.25) is 0 Å². The van der Waals surface area contributed by atoms with E-state index < -0.39 is 5.97 Å². The Balaban J connectivity index is 1.65. The molecule has 5 aromatic rings. The number of ether oxygens (including phenoxy) is 1. The Bertz CT molecular complexity index is 1510. The minimum Gasteiger partial charge on any atom is -0.462 e. The lowest BCUT2D eigenvalue weighted by Crippen LogP contribution is -2.20. The van der Waals surface area contributed by atoms with Gasteiger partial charge in [0.05, 0.1) is 32.9 Å². The highest BCUT2D eigenvalue weighted by Crippen LogP contribution is 2.31. The quantitative estimate of drug-likeness (QED) is 0.274. The van der Waals surface area contributed by atoms with E-state index in [0.717, 1.165) is 33.1 Å². The van der Waals surface area contributed by atoms with E-state index in [2.05, 4.69) is 9.97 Å². The van der Waals surface area contributed by atoms with Gasteiger partial charge in [0.1, 0.15) is 10.4 Å². The van der Waals surface area contributed by atoms with Crippen molar-refractivity contribution in [2.45, 2.75) is 18.4 Å². The van der Waals surface area contributed by atoms with Crippen LogP contribution in [0.1, 0.15) is 23.0 Å². The number of thioether (sulfide) groups is 1. The average Bonchev–Trinajstić information content (AvgIpc) is 3.19. The number of pyridine rings is 2. The fourth-order valence-corrected chi connectivity index (χ4v) is 5.56. The highest BCUT2D eigenvalue weighted by Gasteiger charge is 2.23. The third-order valence-corrected chi connectivity index (χ3v) is 7.04. The Hall–Kier alpha value is -3.30. The molecular weight excluding hydrogens is 444 g/mol. The predicted octanol–water partition coefficient (Wildman–Crippen LogP) is 4.36. The fraction of sp³-hybridized carbons (Fsp3) is 0.174. The van der Waals surface area contributed by atoms with Crippen molar-refractivity contribution < 1.29 is 9.53 Å². The summed E-state index contributed by atoms with van der Waals surface area (Å²) in [5.74, 6) is 0.173. The standard InChI is InChI=1S/C23H18N4O3S2/c1-2-30-23(29)19-20(28)15-7-8-18(31-12-9-14-13-24-10-11-25-14)26-21(15)27-16-5-3-4-6-17(16)32-22(19)27/h3-8,10-11,13H,2,9,12H2,1H3. The zero-order valence-electron chi connectivity index (χ0n) is 17.1. The summed E-state index contributed by atoms with van der Waals surface area (Å²) in [5, 5.41) is 1.20. The zero-order chi connectivity index (χ0) is 22.1. The van der Waals surface area contributed by atoms with Gasteiger partial charge in [-0.1, -0.05) is 12.1 Å². The van der Waals surface area contributed by atoms with Crippen LogP contribution in [-0.4, -0.2) is 37.7 Å². The summed E-state index contributed by atoms with van der Waals surface area (Å²) in [6.07, 6.45) is 5.85. The van der Waals surface area contributed by atoms with Gasteiger partial charge in [0.15, 0.2) is 5.65 Å². The lowest BCUT2D eigenvalue weighted by molar-refractivity contribution is 0.0527. The molecule has 7 nitrogen and oxygen atoms in total. The van der Waals surface area contributed by atoms with Gasteiger partial charge in [0.25, 0.3) is 0 Å². The molecule has 9 heteroatoms. The minimum atomic E-state index is -0.606. The summed E-state index contributed by atoms with van der Waals surface area (Å²) in [4.78, 5) is 39.7. The molecule has 4 aromatic heterocycles. The number of benzene rings is 1. The smallest absolute Gasteiger partial charge is 0.345 e. The summed E-state index contributed by atoms with van der Waals surface area (Å²) >= 11 is 2.98. The van der Waals surface area contributed by atoms with Crippen LogP contribution in [-0.2, 0) is 11.2 Å². The van der Waals surface area contributed by atoms with Crippen LogP contribution < -0.4 is 5.43 Å². The van der Waals surface area contributed by atoms with E-state index in [-0.39, 0.29) is 17.6 Å². The van der Waals surface area contributed by atoms with Crippen molar-refractivity contribution in [3.63, 3.8) is 0 Å². The highest BCUT2D eigenvalue weighted by atomic mass is 32.2. The topological polar surface area (TPSA) is 86.5 Å². The van der Waals surface area contributed by atoms with Gasteiger partial charge in [-0.05, 0) is 31.2 Å². The second-order valence-electron chi connectivity index (χ2n) is 6.95. The average molecular weight is 463 g/mol. The van der Waals surface area contributed by atoms with Crippen molar-refractivity contribution in [1.29, 1.82) is 0 Å². The number of hydrogen-bond donors (Lipinski definition) is 0. The third-order valence-electron chi connectivity index (χ3n) is 4.97. The fourth-order valence-electron chi connectivity index (χ4n) is 3.55. The van der Waals surface area contributed by atoms with Crippen LogP contribution in [0.25, 0.3) is 26.1 Å². The molecule has 0 atom stereocenters. The molecule has 0 radical (unpaired) electrons. The minimum absolute atomic E-state index is 0.0606. The number of nitrogens with zero attached hydrogens (tertiary/aromatic N) is 4. The van der Waals surface area contributed by atoms with E-state index in [1.54, 1.807) is 43.3 Å². The predicted molar refractivity (Wildman–Crippen MR) is 127 cm³/mol. The van der Waals surface area contributed by atoms with E-state index in [4.69, 9.17) is 9.72 Å². The van der Waals surface area contributed by atoms with Crippen molar-refractivity contribution in [3.8, 4) is 0 Å². The summed E-state index contributed by atoms with van der Waals surface area (Å²) in [6.45, 7) is 1.93. The first-order valence-electron chi connectivity index (χ1n) is 10.1. The van der Waals surface area contributed by atoms with Gasteiger partial charge in [-0.2, -0.15) is 0 Å². The molecule has 0 amide bonds. The van der Waals surface area contributed by atoms with Gasteiger partial charge in [-0.15, -0.1) is 23.1 Å². The molecule has 0 aliphatic rings. The first-order chi connectivity index (χ1) is 15.7. The number of fused-ring (bicyclic) bond motifs is 5. The maximum absolute atomic E-state index is 13.3. The molecule has 0 N–H and O–H groups in total. The zero-order valence-corrected chi connectivity index (χ0v) is 18.8. The van der Waals surface area contributed by atoms with Gasteiger partial charge in [0.2, 0.25) is 5.43 Å². The first kappa shape index (κ1) is 20.6. The van der Waals surface area contributed by atoms with Crippen LogP contribution >= 0.6 is 23.1 Å². The number of esters is 1. The molecule has 0 aliphatic heterocycles. The Labute approximate surface area is 191 Å². The molecule has 0 bridgehead atoms. The van der Waals surface area contributed by atoms with Crippen LogP contribution in [0.5, 0.6) is 0 Å². The van der Waals surface area contributed by atoms with Gasteiger partial charge in [-0.25, -0.2) is 9.78 Å². The number of carbonyl (C=O) groups excluding carboxylic acids is 1.